The zero-order valence-corrected chi connectivity index (χ0v) is 16.1. The van der Waals surface area contributed by atoms with Gasteiger partial charge in [0.05, 0.1) is 5.92 Å². The summed E-state index contributed by atoms with van der Waals surface area (Å²) in [6.45, 7) is 9.36. The van der Waals surface area contributed by atoms with Crippen LogP contribution in [-0.2, 0) is 9.59 Å². The van der Waals surface area contributed by atoms with Gasteiger partial charge in [0.15, 0.2) is 5.65 Å². The van der Waals surface area contributed by atoms with Crippen molar-refractivity contribution in [2.24, 2.45) is 5.92 Å². The summed E-state index contributed by atoms with van der Waals surface area (Å²) < 4.78 is 1.76. The molecule has 0 aliphatic carbocycles. The molecule has 2 fully saturated rings. The highest BCUT2D eigenvalue weighted by atomic mass is 16.2. The first-order chi connectivity index (χ1) is 12.8. The number of piperazine rings is 1. The number of carbonyl (C=O) groups is 2. The number of hydrogen-bond donors (Lipinski definition) is 0. The van der Waals surface area contributed by atoms with Crippen LogP contribution in [0.2, 0.25) is 0 Å². The molecule has 8 heteroatoms. The highest BCUT2D eigenvalue weighted by molar-refractivity contribution is 5.89. The molecule has 0 N–H and O–H groups in total. The third-order valence-electron chi connectivity index (χ3n) is 5.44. The molecule has 144 valence electrons. The lowest BCUT2D eigenvalue weighted by Gasteiger charge is -2.36. The Kier molecular flexibility index (Phi) is 4.28. The van der Waals surface area contributed by atoms with Crippen molar-refractivity contribution < 1.29 is 9.59 Å². The first-order valence-electron chi connectivity index (χ1n) is 9.47. The van der Waals surface area contributed by atoms with Gasteiger partial charge in [-0.05, 0) is 32.9 Å². The fourth-order valence-electron chi connectivity index (χ4n) is 3.91. The smallest absolute Gasteiger partial charge is 0.228 e. The third-order valence-corrected chi connectivity index (χ3v) is 5.44. The number of hydrogen-bond acceptors (Lipinski definition) is 5. The van der Waals surface area contributed by atoms with E-state index in [0.29, 0.717) is 26.1 Å². The maximum Gasteiger partial charge on any atom is 0.228 e. The van der Waals surface area contributed by atoms with Gasteiger partial charge in [0.1, 0.15) is 5.82 Å². The van der Waals surface area contributed by atoms with Crippen molar-refractivity contribution >= 4 is 23.3 Å². The van der Waals surface area contributed by atoms with Gasteiger partial charge in [-0.25, -0.2) is 9.50 Å². The molecule has 27 heavy (non-hydrogen) atoms. The molecule has 0 bridgehead atoms. The molecule has 0 saturated carbocycles. The fraction of sp³-hybridized carbons (Fsp3) is 0.579. The average Bonchev–Trinajstić information content (AvgIpc) is 3.26. The molecular formula is C19H26N6O2. The minimum absolute atomic E-state index is 0.0809. The van der Waals surface area contributed by atoms with E-state index in [4.69, 9.17) is 0 Å². The first kappa shape index (κ1) is 17.8. The van der Waals surface area contributed by atoms with E-state index in [-0.39, 0.29) is 23.3 Å². The van der Waals surface area contributed by atoms with E-state index >= 15 is 0 Å². The van der Waals surface area contributed by atoms with Crippen molar-refractivity contribution in [3.63, 3.8) is 0 Å². The second kappa shape index (κ2) is 6.51. The molecule has 0 spiro atoms. The Hall–Kier alpha value is -2.64. The van der Waals surface area contributed by atoms with Crippen molar-refractivity contribution in [3.05, 3.63) is 24.5 Å². The molecule has 4 rings (SSSR count). The number of carbonyl (C=O) groups excluding carboxylic acids is 2. The predicted octanol–water partition coefficient (Wildman–Crippen LogP) is 1.02. The topological polar surface area (TPSA) is 74.1 Å². The Morgan fingerprint density at radius 3 is 2.56 bits per heavy atom. The summed E-state index contributed by atoms with van der Waals surface area (Å²) in [5, 5.41) is 4.58. The van der Waals surface area contributed by atoms with Crippen LogP contribution in [0, 0.1) is 5.92 Å². The highest BCUT2D eigenvalue weighted by Crippen LogP contribution is 2.27. The van der Waals surface area contributed by atoms with E-state index < -0.39 is 0 Å². The van der Waals surface area contributed by atoms with E-state index in [2.05, 4.69) is 15.0 Å². The average molecular weight is 370 g/mol. The van der Waals surface area contributed by atoms with Crippen molar-refractivity contribution in [1.82, 2.24) is 24.4 Å². The number of rotatable bonds is 2. The standard InChI is InChI=1S/C19H26N6O2/c1-19(2,3)24-13-14(12-17(24)26)18(27)23-10-8-22(9-11-23)16-5-4-15-20-6-7-25(15)21-16/h4-7,14H,8-13H2,1-3H3/t14-/m1/s1. The number of anilines is 1. The van der Waals surface area contributed by atoms with Gasteiger partial charge < -0.3 is 14.7 Å². The zero-order chi connectivity index (χ0) is 19.2. The maximum absolute atomic E-state index is 12.9. The molecule has 2 aliphatic rings. The molecule has 4 heterocycles. The summed E-state index contributed by atoms with van der Waals surface area (Å²) in [6, 6.07) is 3.92. The van der Waals surface area contributed by atoms with E-state index in [1.807, 2.05) is 48.9 Å². The molecule has 8 nitrogen and oxygen atoms in total. The Balaban J connectivity index is 1.37. The first-order valence-corrected chi connectivity index (χ1v) is 9.47. The minimum Gasteiger partial charge on any atom is -0.352 e. The minimum atomic E-state index is -0.234. The maximum atomic E-state index is 12.9. The SMILES string of the molecule is CC(C)(C)N1C[C@H](C(=O)N2CCN(c3ccc4nccn4n3)CC2)CC1=O. The number of amides is 2. The van der Waals surface area contributed by atoms with E-state index in [1.54, 1.807) is 10.7 Å². The lowest BCUT2D eigenvalue weighted by atomic mass is 10.1. The van der Waals surface area contributed by atoms with E-state index in [0.717, 1.165) is 24.6 Å². The molecule has 1 atom stereocenters. The molecular weight excluding hydrogens is 344 g/mol. The molecule has 0 unspecified atom stereocenters. The largest absolute Gasteiger partial charge is 0.352 e. The number of aromatic nitrogens is 3. The van der Waals surface area contributed by atoms with Crippen LogP contribution in [0.5, 0.6) is 0 Å². The molecule has 0 aromatic carbocycles. The van der Waals surface area contributed by atoms with Crippen molar-refractivity contribution in [1.29, 1.82) is 0 Å². The van der Waals surface area contributed by atoms with Crippen molar-refractivity contribution in [3.8, 4) is 0 Å². The number of nitrogens with zero attached hydrogens (tertiary/aromatic N) is 6. The lowest BCUT2D eigenvalue weighted by molar-refractivity contribution is -0.136. The van der Waals surface area contributed by atoms with Gasteiger partial charge in [0.2, 0.25) is 11.8 Å². The summed E-state index contributed by atoms with van der Waals surface area (Å²) in [6.07, 6.45) is 3.89. The van der Waals surface area contributed by atoms with Crippen LogP contribution in [-0.4, -0.2) is 74.5 Å². The highest BCUT2D eigenvalue weighted by Gasteiger charge is 2.41. The summed E-state index contributed by atoms with van der Waals surface area (Å²) in [7, 11) is 0. The van der Waals surface area contributed by atoms with Crippen LogP contribution in [0.25, 0.3) is 5.65 Å². The summed E-state index contributed by atoms with van der Waals surface area (Å²) in [4.78, 5) is 35.3. The molecule has 2 aliphatic heterocycles. The molecule has 2 aromatic rings. The zero-order valence-electron chi connectivity index (χ0n) is 16.1. The molecule has 0 radical (unpaired) electrons. The van der Waals surface area contributed by atoms with Crippen LogP contribution < -0.4 is 4.90 Å². The van der Waals surface area contributed by atoms with E-state index in [1.165, 1.54) is 0 Å². The molecule has 2 aromatic heterocycles. The normalized spacial score (nSPS) is 21.4. The van der Waals surface area contributed by atoms with Crippen LogP contribution in [0.3, 0.4) is 0 Å². The Labute approximate surface area is 158 Å². The Morgan fingerprint density at radius 1 is 1.15 bits per heavy atom. The van der Waals surface area contributed by atoms with Gasteiger partial charge in [-0.3, -0.25) is 9.59 Å². The van der Waals surface area contributed by atoms with Gasteiger partial charge in [0.25, 0.3) is 0 Å². The quantitative estimate of drug-likeness (QED) is 0.789. The van der Waals surface area contributed by atoms with Gasteiger partial charge in [-0.15, -0.1) is 5.10 Å². The van der Waals surface area contributed by atoms with E-state index in [9.17, 15) is 9.59 Å². The van der Waals surface area contributed by atoms with Gasteiger partial charge in [-0.1, -0.05) is 0 Å². The second-order valence-electron chi connectivity index (χ2n) is 8.31. The summed E-state index contributed by atoms with van der Waals surface area (Å²) >= 11 is 0. The Morgan fingerprint density at radius 2 is 1.89 bits per heavy atom. The van der Waals surface area contributed by atoms with Crippen LogP contribution >= 0.6 is 0 Å². The van der Waals surface area contributed by atoms with Crippen LogP contribution in [0.1, 0.15) is 27.2 Å². The fourth-order valence-corrected chi connectivity index (χ4v) is 3.91. The Bertz CT molecular complexity index is 862. The monoisotopic (exact) mass is 370 g/mol. The molecule has 2 amide bonds. The van der Waals surface area contributed by atoms with Crippen molar-refractivity contribution in [2.75, 3.05) is 37.6 Å². The second-order valence-corrected chi connectivity index (χ2v) is 8.31. The van der Waals surface area contributed by atoms with Crippen LogP contribution in [0.4, 0.5) is 5.82 Å². The summed E-state index contributed by atoms with van der Waals surface area (Å²) in [5.41, 5.74) is 0.587. The molecule has 2 saturated heterocycles. The number of fused-ring (bicyclic) bond motifs is 1. The third kappa shape index (κ3) is 3.36. The number of imidazole rings is 1. The van der Waals surface area contributed by atoms with Crippen molar-refractivity contribution in [2.45, 2.75) is 32.7 Å². The van der Waals surface area contributed by atoms with Gasteiger partial charge >= 0.3 is 0 Å². The predicted molar refractivity (Wildman–Crippen MR) is 101 cm³/mol. The van der Waals surface area contributed by atoms with Gasteiger partial charge in [-0.2, -0.15) is 0 Å². The van der Waals surface area contributed by atoms with Crippen LogP contribution in [0.15, 0.2) is 24.5 Å². The lowest BCUT2D eigenvalue weighted by Crippen LogP contribution is -2.51. The van der Waals surface area contributed by atoms with Gasteiger partial charge in [0, 0.05) is 57.1 Å². The number of likely N-dealkylation sites (tertiary alicyclic amines) is 1. The summed E-state index contributed by atoms with van der Waals surface area (Å²) in [5.74, 6) is 0.858.